The van der Waals surface area contributed by atoms with Crippen molar-refractivity contribution in [1.82, 2.24) is 19.4 Å². The number of aromatic nitrogens is 2. The number of likely N-dealkylation sites (tertiary alicyclic amines) is 1. The predicted molar refractivity (Wildman–Crippen MR) is 144 cm³/mol. The first-order chi connectivity index (χ1) is 17.4. The zero-order valence-electron chi connectivity index (χ0n) is 21.1. The number of hydrogen-bond donors (Lipinski definition) is 1. The monoisotopic (exact) mass is 544 g/mol. The molecule has 10 heteroatoms. The van der Waals surface area contributed by atoms with Gasteiger partial charge in [0.05, 0.1) is 27.3 Å². The summed E-state index contributed by atoms with van der Waals surface area (Å²) in [7, 11) is 1.66. The van der Waals surface area contributed by atoms with Crippen molar-refractivity contribution in [3.63, 3.8) is 0 Å². The highest BCUT2D eigenvalue weighted by Gasteiger charge is 2.32. The quantitative estimate of drug-likeness (QED) is 0.508. The summed E-state index contributed by atoms with van der Waals surface area (Å²) in [6, 6.07) is 10.8. The van der Waals surface area contributed by atoms with Crippen LogP contribution in [-0.4, -0.2) is 62.0 Å². The van der Waals surface area contributed by atoms with Crippen molar-refractivity contribution >= 4 is 45.9 Å². The number of aliphatic hydroxyl groups is 1. The molecule has 3 aromatic rings. The minimum Gasteiger partial charge on any atom is -0.381 e. The van der Waals surface area contributed by atoms with Crippen LogP contribution in [0.25, 0.3) is 10.9 Å². The van der Waals surface area contributed by atoms with E-state index in [1.54, 1.807) is 30.1 Å². The SMILES string of the molecule is CN(Cc1ccc(Cl)c(Cl)c1)C(=O)Cn1cnc2ccc(C3CCN(C(=O)C(C)(C)O)CC3)cc2c1=O. The summed E-state index contributed by atoms with van der Waals surface area (Å²) < 4.78 is 1.32. The van der Waals surface area contributed by atoms with Crippen LogP contribution in [0.2, 0.25) is 10.0 Å². The second-order valence-electron chi connectivity index (χ2n) is 10.1. The number of benzene rings is 2. The van der Waals surface area contributed by atoms with Crippen LogP contribution >= 0.6 is 23.2 Å². The van der Waals surface area contributed by atoms with Crippen LogP contribution in [0.3, 0.4) is 0 Å². The maximum Gasteiger partial charge on any atom is 0.261 e. The van der Waals surface area contributed by atoms with E-state index in [4.69, 9.17) is 23.2 Å². The summed E-state index contributed by atoms with van der Waals surface area (Å²) in [6.07, 6.45) is 2.87. The molecule has 0 spiro atoms. The summed E-state index contributed by atoms with van der Waals surface area (Å²) in [4.78, 5) is 46.1. The second kappa shape index (κ2) is 10.8. The molecule has 0 atom stereocenters. The van der Waals surface area contributed by atoms with Gasteiger partial charge in [-0.05, 0) is 68.0 Å². The molecule has 8 nitrogen and oxygen atoms in total. The number of carbonyl (C=O) groups excluding carboxylic acids is 2. The van der Waals surface area contributed by atoms with Crippen LogP contribution in [0.1, 0.15) is 43.7 Å². The van der Waals surface area contributed by atoms with Gasteiger partial charge >= 0.3 is 0 Å². The average Bonchev–Trinajstić information content (AvgIpc) is 2.87. The highest BCUT2D eigenvalue weighted by Crippen LogP contribution is 2.30. The van der Waals surface area contributed by atoms with Crippen molar-refractivity contribution in [3.8, 4) is 0 Å². The van der Waals surface area contributed by atoms with Crippen LogP contribution in [0.5, 0.6) is 0 Å². The minimum atomic E-state index is -1.39. The molecule has 1 fully saturated rings. The lowest BCUT2D eigenvalue weighted by molar-refractivity contribution is -0.148. The Morgan fingerprint density at radius 1 is 1.11 bits per heavy atom. The molecule has 0 radical (unpaired) electrons. The van der Waals surface area contributed by atoms with Gasteiger partial charge in [0.2, 0.25) is 5.91 Å². The number of carbonyl (C=O) groups is 2. The van der Waals surface area contributed by atoms with Gasteiger partial charge in [-0.25, -0.2) is 4.98 Å². The van der Waals surface area contributed by atoms with Gasteiger partial charge in [0.1, 0.15) is 12.1 Å². The third-order valence-corrected chi connectivity index (χ3v) is 7.50. The van der Waals surface area contributed by atoms with Crippen LogP contribution in [-0.2, 0) is 22.7 Å². The molecule has 196 valence electrons. The first-order valence-corrected chi connectivity index (χ1v) is 12.9. The predicted octanol–water partition coefficient (Wildman–Crippen LogP) is 3.84. The highest BCUT2D eigenvalue weighted by molar-refractivity contribution is 6.42. The van der Waals surface area contributed by atoms with Crippen molar-refractivity contribution in [3.05, 3.63) is 74.3 Å². The van der Waals surface area contributed by atoms with Crippen LogP contribution in [0, 0.1) is 0 Å². The number of fused-ring (bicyclic) bond motifs is 1. The van der Waals surface area contributed by atoms with E-state index in [1.807, 2.05) is 18.2 Å². The summed E-state index contributed by atoms with van der Waals surface area (Å²) in [5, 5.41) is 11.3. The van der Waals surface area contributed by atoms with E-state index >= 15 is 0 Å². The highest BCUT2D eigenvalue weighted by atomic mass is 35.5. The van der Waals surface area contributed by atoms with Crippen molar-refractivity contribution in [2.24, 2.45) is 0 Å². The summed E-state index contributed by atoms with van der Waals surface area (Å²) in [6.45, 7) is 4.27. The molecule has 4 rings (SSSR count). The molecule has 0 unspecified atom stereocenters. The molecule has 2 amide bonds. The molecule has 1 saturated heterocycles. The maximum atomic E-state index is 13.3. The Bertz CT molecular complexity index is 1390. The molecular formula is C27H30Cl2N4O4. The Morgan fingerprint density at radius 2 is 1.81 bits per heavy atom. The third kappa shape index (κ3) is 6.14. The van der Waals surface area contributed by atoms with Gasteiger partial charge in [-0.15, -0.1) is 0 Å². The second-order valence-corrected chi connectivity index (χ2v) is 10.9. The lowest BCUT2D eigenvalue weighted by Gasteiger charge is -2.35. The lowest BCUT2D eigenvalue weighted by Crippen LogP contribution is -2.48. The maximum absolute atomic E-state index is 13.3. The largest absolute Gasteiger partial charge is 0.381 e. The van der Waals surface area contributed by atoms with E-state index in [0.29, 0.717) is 40.6 Å². The van der Waals surface area contributed by atoms with Crippen molar-refractivity contribution < 1.29 is 14.7 Å². The Balaban J connectivity index is 1.47. The summed E-state index contributed by atoms with van der Waals surface area (Å²) >= 11 is 12.0. The van der Waals surface area contributed by atoms with E-state index in [1.165, 1.54) is 29.6 Å². The van der Waals surface area contributed by atoms with Crippen LogP contribution < -0.4 is 5.56 Å². The molecule has 0 saturated carbocycles. The Morgan fingerprint density at radius 3 is 2.46 bits per heavy atom. The fourth-order valence-corrected chi connectivity index (χ4v) is 4.93. The molecule has 37 heavy (non-hydrogen) atoms. The van der Waals surface area contributed by atoms with E-state index in [2.05, 4.69) is 4.98 Å². The molecule has 1 aliphatic rings. The fourth-order valence-electron chi connectivity index (χ4n) is 4.61. The molecule has 2 aromatic carbocycles. The number of nitrogens with zero attached hydrogens (tertiary/aromatic N) is 4. The van der Waals surface area contributed by atoms with Gasteiger partial charge in [-0.1, -0.05) is 35.3 Å². The molecular weight excluding hydrogens is 515 g/mol. The number of amides is 2. The molecule has 0 bridgehead atoms. The van der Waals surface area contributed by atoms with Gasteiger partial charge in [0, 0.05) is 26.7 Å². The smallest absolute Gasteiger partial charge is 0.261 e. The molecule has 1 aromatic heterocycles. The van der Waals surface area contributed by atoms with Crippen molar-refractivity contribution in [2.45, 2.75) is 51.3 Å². The standard InChI is InChI=1S/C27H30Cl2N4O4/c1-27(2,37)26(36)32-10-8-18(9-11-32)19-5-7-23-20(13-19)25(35)33(16-30-23)15-24(34)31(3)14-17-4-6-21(28)22(29)12-17/h4-7,12-13,16,18,37H,8-11,14-15H2,1-3H3. The number of hydrogen-bond acceptors (Lipinski definition) is 5. The van der Waals surface area contributed by atoms with E-state index < -0.39 is 5.60 Å². The molecule has 1 N–H and O–H groups in total. The lowest BCUT2D eigenvalue weighted by atomic mass is 9.88. The first-order valence-electron chi connectivity index (χ1n) is 12.1. The molecule has 0 aliphatic carbocycles. The van der Waals surface area contributed by atoms with E-state index in [0.717, 1.165) is 24.0 Å². The normalized spacial score (nSPS) is 14.7. The Hall–Kier alpha value is -2.94. The van der Waals surface area contributed by atoms with Crippen LogP contribution in [0.4, 0.5) is 0 Å². The van der Waals surface area contributed by atoms with Gasteiger partial charge in [-0.3, -0.25) is 19.0 Å². The van der Waals surface area contributed by atoms with Gasteiger partial charge in [0.15, 0.2) is 0 Å². The summed E-state index contributed by atoms with van der Waals surface area (Å²) in [5.41, 5.74) is 0.727. The topological polar surface area (TPSA) is 95.7 Å². The Kier molecular flexibility index (Phi) is 7.92. The van der Waals surface area contributed by atoms with Crippen molar-refractivity contribution in [1.29, 1.82) is 0 Å². The number of piperidine rings is 1. The molecule has 2 heterocycles. The minimum absolute atomic E-state index is 0.138. The number of halogens is 2. The van der Waals surface area contributed by atoms with Gasteiger partial charge < -0.3 is 14.9 Å². The molecule has 1 aliphatic heterocycles. The number of likely N-dealkylation sites (N-methyl/N-ethyl adjacent to an activating group) is 1. The van der Waals surface area contributed by atoms with Gasteiger partial charge in [-0.2, -0.15) is 0 Å². The fraction of sp³-hybridized carbons (Fsp3) is 0.407. The number of rotatable bonds is 6. The third-order valence-electron chi connectivity index (χ3n) is 6.76. The average molecular weight is 545 g/mol. The van der Waals surface area contributed by atoms with Gasteiger partial charge in [0.25, 0.3) is 11.5 Å². The van der Waals surface area contributed by atoms with E-state index in [-0.39, 0.29) is 29.8 Å². The van der Waals surface area contributed by atoms with Crippen LogP contribution in [0.15, 0.2) is 47.5 Å². The Labute approximate surface area is 225 Å². The zero-order valence-corrected chi connectivity index (χ0v) is 22.6. The summed E-state index contributed by atoms with van der Waals surface area (Å²) in [5.74, 6) is -0.332. The van der Waals surface area contributed by atoms with E-state index in [9.17, 15) is 19.5 Å². The first kappa shape index (κ1) is 27.1. The zero-order chi connectivity index (χ0) is 26.9. The van der Waals surface area contributed by atoms with Crippen molar-refractivity contribution in [2.75, 3.05) is 20.1 Å².